The number of hydrogen-bond donors (Lipinski definition) is 1. The van der Waals surface area contributed by atoms with E-state index in [0.29, 0.717) is 12.1 Å². The molecular weight excluding hydrogens is 246 g/mol. The van der Waals surface area contributed by atoms with Gasteiger partial charge in [0.05, 0.1) is 17.5 Å². The fraction of sp³-hybridized carbons (Fsp3) is 0.615. The molecule has 2 aromatic heterocycles. The second kappa shape index (κ2) is 4.64. The molecule has 1 N–H and O–H groups in total. The molecule has 0 bridgehead atoms. The number of thiazole rings is 1. The van der Waals surface area contributed by atoms with Gasteiger partial charge in [0.15, 0.2) is 4.96 Å². The maximum atomic E-state index is 5.30. The molecule has 0 radical (unpaired) electrons. The first-order valence-corrected chi connectivity index (χ1v) is 7.25. The van der Waals surface area contributed by atoms with E-state index in [0.717, 1.165) is 30.0 Å². The van der Waals surface area contributed by atoms with Crippen LogP contribution in [0.4, 0.5) is 0 Å². The summed E-state index contributed by atoms with van der Waals surface area (Å²) in [5, 5.41) is 5.76. The second-order valence-corrected chi connectivity index (χ2v) is 5.88. The number of rotatable bonds is 4. The van der Waals surface area contributed by atoms with Crippen LogP contribution in [-0.2, 0) is 11.3 Å². The highest BCUT2D eigenvalue weighted by atomic mass is 32.1. The number of fused-ring (bicyclic) bond motifs is 1. The van der Waals surface area contributed by atoms with Gasteiger partial charge in [-0.1, -0.05) is 0 Å². The predicted molar refractivity (Wildman–Crippen MR) is 73.2 cm³/mol. The summed E-state index contributed by atoms with van der Waals surface area (Å²) < 4.78 is 7.56. The Morgan fingerprint density at radius 3 is 3.00 bits per heavy atom. The van der Waals surface area contributed by atoms with Crippen molar-refractivity contribution in [1.29, 1.82) is 0 Å². The van der Waals surface area contributed by atoms with Crippen LogP contribution in [0.3, 0.4) is 0 Å². The van der Waals surface area contributed by atoms with E-state index in [1.165, 1.54) is 11.4 Å². The van der Waals surface area contributed by atoms with Crippen molar-refractivity contribution in [1.82, 2.24) is 14.7 Å². The van der Waals surface area contributed by atoms with Crippen LogP contribution >= 0.6 is 11.3 Å². The Morgan fingerprint density at radius 1 is 1.50 bits per heavy atom. The van der Waals surface area contributed by atoms with Crippen LogP contribution in [0.25, 0.3) is 4.96 Å². The molecule has 0 aromatic carbocycles. The zero-order valence-corrected chi connectivity index (χ0v) is 11.9. The van der Waals surface area contributed by atoms with Crippen molar-refractivity contribution < 1.29 is 4.74 Å². The van der Waals surface area contributed by atoms with Crippen molar-refractivity contribution in [3.05, 3.63) is 22.5 Å². The number of aryl methyl sites for hydroxylation is 2. The van der Waals surface area contributed by atoms with Crippen LogP contribution in [0.5, 0.6) is 0 Å². The molecule has 5 heteroatoms. The number of methoxy groups -OCH3 is 1. The quantitative estimate of drug-likeness (QED) is 0.921. The largest absolute Gasteiger partial charge is 0.381 e. The Hall–Kier alpha value is -0.910. The summed E-state index contributed by atoms with van der Waals surface area (Å²) in [5.41, 5.74) is 3.71. The lowest BCUT2D eigenvalue weighted by Crippen LogP contribution is -2.44. The van der Waals surface area contributed by atoms with Gasteiger partial charge < -0.3 is 10.1 Å². The summed E-state index contributed by atoms with van der Waals surface area (Å²) in [5.74, 6) is 0. The van der Waals surface area contributed by atoms with Crippen LogP contribution in [0.1, 0.15) is 29.9 Å². The minimum Gasteiger partial charge on any atom is -0.381 e. The third kappa shape index (κ3) is 1.96. The van der Waals surface area contributed by atoms with Crippen LogP contribution in [-0.4, -0.2) is 28.6 Å². The minimum atomic E-state index is 0.455. The molecule has 98 valence electrons. The summed E-state index contributed by atoms with van der Waals surface area (Å²) in [6.45, 7) is 5.12. The smallest absolute Gasteiger partial charge is 0.194 e. The Labute approximate surface area is 111 Å². The lowest BCUT2D eigenvalue weighted by atomic mass is 9.89. The zero-order chi connectivity index (χ0) is 12.7. The molecule has 18 heavy (non-hydrogen) atoms. The first-order valence-electron chi connectivity index (χ1n) is 6.37. The van der Waals surface area contributed by atoms with E-state index in [9.17, 15) is 0 Å². The van der Waals surface area contributed by atoms with Gasteiger partial charge >= 0.3 is 0 Å². The number of nitrogens with zero attached hydrogens (tertiary/aromatic N) is 2. The van der Waals surface area contributed by atoms with E-state index in [4.69, 9.17) is 4.74 Å². The van der Waals surface area contributed by atoms with Crippen molar-refractivity contribution in [3.8, 4) is 0 Å². The Balaban J connectivity index is 1.71. The first-order chi connectivity index (χ1) is 8.69. The summed E-state index contributed by atoms with van der Waals surface area (Å²) in [4.78, 5) is 5.71. The SMILES string of the molecule is COC1CC(NCc2c(C)nc3scc(C)n23)C1. The fourth-order valence-electron chi connectivity index (χ4n) is 2.54. The number of ether oxygens (including phenoxy) is 1. The van der Waals surface area contributed by atoms with Gasteiger partial charge in [0.2, 0.25) is 0 Å². The molecule has 0 amide bonds. The zero-order valence-electron chi connectivity index (χ0n) is 11.1. The van der Waals surface area contributed by atoms with Crippen LogP contribution in [0, 0.1) is 13.8 Å². The highest BCUT2D eigenvalue weighted by molar-refractivity contribution is 7.15. The van der Waals surface area contributed by atoms with Gasteiger partial charge in [-0.05, 0) is 26.7 Å². The van der Waals surface area contributed by atoms with Crippen molar-refractivity contribution in [2.24, 2.45) is 0 Å². The maximum Gasteiger partial charge on any atom is 0.194 e. The minimum absolute atomic E-state index is 0.455. The molecule has 1 fully saturated rings. The molecule has 2 heterocycles. The van der Waals surface area contributed by atoms with Gasteiger partial charge in [0, 0.05) is 30.8 Å². The van der Waals surface area contributed by atoms with E-state index in [2.05, 4.69) is 33.9 Å². The molecule has 1 aliphatic carbocycles. The van der Waals surface area contributed by atoms with Crippen molar-refractivity contribution >= 4 is 16.3 Å². The monoisotopic (exact) mass is 265 g/mol. The van der Waals surface area contributed by atoms with Gasteiger partial charge in [-0.25, -0.2) is 4.98 Å². The third-order valence-corrected chi connectivity index (χ3v) is 4.76. The van der Waals surface area contributed by atoms with Crippen molar-refractivity contribution in [2.45, 2.75) is 45.4 Å². The first kappa shape index (κ1) is 12.1. The number of nitrogens with one attached hydrogen (secondary N) is 1. The van der Waals surface area contributed by atoms with E-state index in [-0.39, 0.29) is 0 Å². The Kier molecular flexibility index (Phi) is 3.13. The van der Waals surface area contributed by atoms with Crippen LogP contribution < -0.4 is 5.32 Å². The normalized spacial score (nSPS) is 23.5. The summed E-state index contributed by atoms with van der Waals surface area (Å²) in [6.07, 6.45) is 2.71. The lowest BCUT2D eigenvalue weighted by molar-refractivity contribution is 0.0169. The lowest BCUT2D eigenvalue weighted by Gasteiger charge is -2.34. The molecule has 0 saturated heterocycles. The molecular formula is C13H19N3OS. The molecule has 0 atom stereocenters. The van der Waals surface area contributed by atoms with Crippen LogP contribution in [0.2, 0.25) is 0 Å². The predicted octanol–water partition coefficient (Wildman–Crippen LogP) is 2.28. The highest BCUT2D eigenvalue weighted by Gasteiger charge is 2.28. The number of aromatic nitrogens is 2. The molecule has 0 spiro atoms. The average molecular weight is 265 g/mol. The molecule has 1 aliphatic rings. The van der Waals surface area contributed by atoms with Crippen LogP contribution in [0.15, 0.2) is 5.38 Å². The average Bonchev–Trinajstić information content (AvgIpc) is 2.78. The van der Waals surface area contributed by atoms with E-state index in [1.54, 1.807) is 18.4 Å². The molecule has 0 aliphatic heterocycles. The third-order valence-electron chi connectivity index (χ3n) is 3.82. The maximum absolute atomic E-state index is 5.30. The Morgan fingerprint density at radius 2 is 2.28 bits per heavy atom. The van der Waals surface area contributed by atoms with Gasteiger partial charge in [0.25, 0.3) is 0 Å². The topological polar surface area (TPSA) is 38.6 Å². The number of imidazole rings is 1. The molecule has 3 rings (SSSR count). The van der Waals surface area contributed by atoms with E-state index >= 15 is 0 Å². The summed E-state index contributed by atoms with van der Waals surface area (Å²) in [6, 6.07) is 0.596. The molecule has 4 nitrogen and oxygen atoms in total. The van der Waals surface area contributed by atoms with E-state index in [1.807, 2.05) is 0 Å². The number of hydrogen-bond acceptors (Lipinski definition) is 4. The molecule has 1 saturated carbocycles. The fourth-order valence-corrected chi connectivity index (χ4v) is 3.47. The molecule has 2 aromatic rings. The molecule has 0 unspecified atom stereocenters. The van der Waals surface area contributed by atoms with Gasteiger partial charge in [0.1, 0.15) is 0 Å². The Bertz CT molecular complexity index is 554. The summed E-state index contributed by atoms with van der Waals surface area (Å²) in [7, 11) is 1.79. The second-order valence-electron chi connectivity index (χ2n) is 5.05. The van der Waals surface area contributed by atoms with Gasteiger partial charge in [-0.3, -0.25) is 4.40 Å². The highest BCUT2D eigenvalue weighted by Crippen LogP contribution is 2.24. The van der Waals surface area contributed by atoms with E-state index < -0.39 is 0 Å². The van der Waals surface area contributed by atoms with Crippen molar-refractivity contribution in [3.63, 3.8) is 0 Å². The van der Waals surface area contributed by atoms with Gasteiger partial charge in [-0.15, -0.1) is 11.3 Å². The van der Waals surface area contributed by atoms with Crippen molar-refractivity contribution in [2.75, 3.05) is 7.11 Å². The summed E-state index contributed by atoms with van der Waals surface area (Å²) >= 11 is 1.71. The van der Waals surface area contributed by atoms with Gasteiger partial charge in [-0.2, -0.15) is 0 Å². The standard InChI is InChI=1S/C13H19N3OS/c1-8-7-18-13-15-9(2)12(16(8)13)6-14-10-4-11(5-10)17-3/h7,10-11,14H,4-6H2,1-3H3.